The molecule has 0 radical (unpaired) electrons. The minimum atomic E-state index is 0.669. The third kappa shape index (κ3) is 5.33. The smallest absolute Gasteiger partial charge is 0.0717 e. The summed E-state index contributed by atoms with van der Waals surface area (Å²) in [4.78, 5) is 0. The summed E-state index contributed by atoms with van der Waals surface area (Å²) in [6.07, 6.45) is 2.49. The Hall–Kier alpha value is -0.340. The van der Waals surface area contributed by atoms with Crippen LogP contribution in [0.3, 0.4) is 0 Å². The SMILES string of the molecule is CCCC(C)COCc1cccc(Br)c1. The molecule has 0 aliphatic rings. The maximum absolute atomic E-state index is 5.67. The molecule has 15 heavy (non-hydrogen) atoms. The molecule has 0 N–H and O–H groups in total. The van der Waals surface area contributed by atoms with E-state index in [1.807, 2.05) is 12.1 Å². The maximum atomic E-state index is 5.67. The van der Waals surface area contributed by atoms with E-state index in [9.17, 15) is 0 Å². The number of hydrogen-bond acceptors (Lipinski definition) is 1. The van der Waals surface area contributed by atoms with Gasteiger partial charge in [0.1, 0.15) is 0 Å². The fraction of sp³-hybridized carbons (Fsp3) is 0.538. The van der Waals surface area contributed by atoms with Gasteiger partial charge in [-0.05, 0) is 30.0 Å². The minimum Gasteiger partial charge on any atom is -0.376 e. The Bertz CT molecular complexity index is 286. The van der Waals surface area contributed by atoms with Crippen molar-refractivity contribution in [1.29, 1.82) is 0 Å². The third-order valence-corrected chi connectivity index (χ3v) is 2.83. The first-order chi connectivity index (χ1) is 7.22. The average Bonchev–Trinajstić information content (AvgIpc) is 2.18. The number of benzene rings is 1. The highest BCUT2D eigenvalue weighted by Gasteiger charge is 2.01. The van der Waals surface area contributed by atoms with Crippen LogP contribution in [0.15, 0.2) is 28.7 Å². The van der Waals surface area contributed by atoms with E-state index < -0.39 is 0 Å². The third-order valence-electron chi connectivity index (χ3n) is 2.34. The van der Waals surface area contributed by atoms with Gasteiger partial charge in [0.2, 0.25) is 0 Å². The molecule has 0 aromatic heterocycles. The molecule has 0 aliphatic heterocycles. The van der Waals surface area contributed by atoms with Crippen molar-refractivity contribution >= 4 is 15.9 Å². The zero-order valence-corrected chi connectivity index (χ0v) is 11.1. The van der Waals surface area contributed by atoms with E-state index in [-0.39, 0.29) is 0 Å². The van der Waals surface area contributed by atoms with E-state index in [1.165, 1.54) is 18.4 Å². The Labute approximate surface area is 101 Å². The van der Waals surface area contributed by atoms with Gasteiger partial charge in [-0.3, -0.25) is 0 Å². The average molecular weight is 271 g/mol. The molecule has 0 heterocycles. The topological polar surface area (TPSA) is 9.23 Å². The highest BCUT2D eigenvalue weighted by Crippen LogP contribution is 2.13. The van der Waals surface area contributed by atoms with Crippen molar-refractivity contribution in [1.82, 2.24) is 0 Å². The standard InChI is InChI=1S/C13H19BrO/c1-3-5-11(2)9-15-10-12-6-4-7-13(14)8-12/h4,6-8,11H,3,5,9-10H2,1-2H3. The number of ether oxygens (including phenoxy) is 1. The predicted octanol–water partition coefficient (Wildman–Crippen LogP) is 4.40. The molecule has 0 fully saturated rings. The van der Waals surface area contributed by atoms with Crippen LogP contribution >= 0.6 is 15.9 Å². The van der Waals surface area contributed by atoms with Gasteiger partial charge in [-0.25, -0.2) is 0 Å². The largest absolute Gasteiger partial charge is 0.376 e. The van der Waals surface area contributed by atoms with E-state index in [2.05, 4.69) is 41.9 Å². The number of rotatable bonds is 6. The highest BCUT2D eigenvalue weighted by atomic mass is 79.9. The second kappa shape index (κ2) is 7.02. The summed E-state index contributed by atoms with van der Waals surface area (Å²) in [6.45, 7) is 6.03. The first kappa shape index (κ1) is 12.7. The summed E-state index contributed by atoms with van der Waals surface area (Å²) >= 11 is 3.45. The van der Waals surface area contributed by atoms with Gasteiger partial charge in [-0.15, -0.1) is 0 Å². The Morgan fingerprint density at radius 3 is 2.87 bits per heavy atom. The number of halogens is 1. The van der Waals surface area contributed by atoms with Crippen LogP contribution in [0.2, 0.25) is 0 Å². The normalized spacial score (nSPS) is 12.7. The van der Waals surface area contributed by atoms with Gasteiger partial charge in [-0.2, -0.15) is 0 Å². The second-order valence-electron chi connectivity index (χ2n) is 4.04. The molecule has 1 aromatic carbocycles. The van der Waals surface area contributed by atoms with Crippen LogP contribution in [-0.4, -0.2) is 6.61 Å². The molecular formula is C13H19BrO. The van der Waals surface area contributed by atoms with Crippen LogP contribution in [-0.2, 0) is 11.3 Å². The molecule has 0 amide bonds. The molecule has 1 atom stereocenters. The fourth-order valence-electron chi connectivity index (χ4n) is 1.58. The second-order valence-corrected chi connectivity index (χ2v) is 4.95. The summed E-state index contributed by atoms with van der Waals surface area (Å²) in [6, 6.07) is 8.27. The lowest BCUT2D eigenvalue weighted by molar-refractivity contribution is 0.0893. The Morgan fingerprint density at radius 2 is 2.20 bits per heavy atom. The van der Waals surface area contributed by atoms with E-state index in [0.29, 0.717) is 12.5 Å². The highest BCUT2D eigenvalue weighted by molar-refractivity contribution is 9.10. The summed E-state index contributed by atoms with van der Waals surface area (Å²) in [5.41, 5.74) is 1.23. The Balaban J connectivity index is 2.25. The zero-order valence-electron chi connectivity index (χ0n) is 9.50. The molecule has 1 unspecified atom stereocenters. The van der Waals surface area contributed by atoms with Crippen LogP contribution in [0.4, 0.5) is 0 Å². The molecule has 84 valence electrons. The predicted molar refractivity (Wildman–Crippen MR) is 67.9 cm³/mol. The summed E-state index contributed by atoms with van der Waals surface area (Å²) in [5.74, 6) is 0.669. The Kier molecular flexibility index (Phi) is 5.96. The first-order valence-electron chi connectivity index (χ1n) is 5.54. The fourth-order valence-corrected chi connectivity index (χ4v) is 2.03. The van der Waals surface area contributed by atoms with Crippen LogP contribution in [0.25, 0.3) is 0 Å². The summed E-state index contributed by atoms with van der Waals surface area (Å²) < 4.78 is 6.78. The van der Waals surface area contributed by atoms with Crippen molar-refractivity contribution in [2.75, 3.05) is 6.61 Å². The lowest BCUT2D eigenvalue weighted by atomic mass is 10.1. The molecular weight excluding hydrogens is 252 g/mol. The molecule has 0 saturated heterocycles. The zero-order chi connectivity index (χ0) is 11.1. The van der Waals surface area contributed by atoms with Gasteiger partial charge < -0.3 is 4.74 Å². The summed E-state index contributed by atoms with van der Waals surface area (Å²) in [5, 5.41) is 0. The van der Waals surface area contributed by atoms with Crippen molar-refractivity contribution in [3.8, 4) is 0 Å². The maximum Gasteiger partial charge on any atom is 0.0717 e. The van der Waals surface area contributed by atoms with Crippen LogP contribution in [0.1, 0.15) is 32.3 Å². The van der Waals surface area contributed by atoms with Crippen molar-refractivity contribution in [2.45, 2.75) is 33.3 Å². The lowest BCUT2D eigenvalue weighted by Crippen LogP contribution is -2.05. The summed E-state index contributed by atoms with van der Waals surface area (Å²) in [7, 11) is 0. The van der Waals surface area contributed by atoms with E-state index >= 15 is 0 Å². The van der Waals surface area contributed by atoms with Gasteiger partial charge in [0.25, 0.3) is 0 Å². The van der Waals surface area contributed by atoms with Crippen molar-refractivity contribution in [2.24, 2.45) is 5.92 Å². The van der Waals surface area contributed by atoms with Gasteiger partial charge in [0.15, 0.2) is 0 Å². The van der Waals surface area contributed by atoms with Gasteiger partial charge in [-0.1, -0.05) is 48.3 Å². The van der Waals surface area contributed by atoms with Gasteiger partial charge >= 0.3 is 0 Å². The molecule has 0 aliphatic carbocycles. The number of hydrogen-bond donors (Lipinski definition) is 0. The minimum absolute atomic E-state index is 0.669. The van der Waals surface area contributed by atoms with Crippen molar-refractivity contribution < 1.29 is 4.74 Å². The molecule has 0 bridgehead atoms. The van der Waals surface area contributed by atoms with E-state index in [0.717, 1.165) is 11.1 Å². The quantitative estimate of drug-likeness (QED) is 0.745. The van der Waals surface area contributed by atoms with E-state index in [4.69, 9.17) is 4.74 Å². The van der Waals surface area contributed by atoms with E-state index in [1.54, 1.807) is 0 Å². The molecule has 1 rings (SSSR count). The van der Waals surface area contributed by atoms with Crippen LogP contribution in [0.5, 0.6) is 0 Å². The van der Waals surface area contributed by atoms with Gasteiger partial charge in [0.05, 0.1) is 6.61 Å². The van der Waals surface area contributed by atoms with Crippen LogP contribution in [0, 0.1) is 5.92 Å². The van der Waals surface area contributed by atoms with Gasteiger partial charge in [0, 0.05) is 11.1 Å². The molecule has 1 aromatic rings. The Morgan fingerprint density at radius 1 is 1.40 bits per heavy atom. The van der Waals surface area contributed by atoms with Crippen molar-refractivity contribution in [3.63, 3.8) is 0 Å². The van der Waals surface area contributed by atoms with Crippen molar-refractivity contribution in [3.05, 3.63) is 34.3 Å². The molecule has 0 spiro atoms. The molecule has 2 heteroatoms. The monoisotopic (exact) mass is 270 g/mol. The molecule has 0 saturated carbocycles. The molecule has 1 nitrogen and oxygen atoms in total. The lowest BCUT2D eigenvalue weighted by Gasteiger charge is -2.10. The van der Waals surface area contributed by atoms with Crippen LogP contribution < -0.4 is 0 Å². The first-order valence-corrected chi connectivity index (χ1v) is 6.34.